The van der Waals surface area contributed by atoms with Gasteiger partial charge in [-0.1, -0.05) is 11.6 Å². The number of alkyl halides is 3. The molecule has 8 rings (SSSR count). The Kier molecular flexibility index (Phi) is 9.74. The molecule has 6 heterocycles. The lowest BCUT2D eigenvalue weighted by molar-refractivity contribution is 0.146. The number of nitrogens with two attached hydrogens (primary N) is 2. The predicted octanol–water partition coefficient (Wildman–Crippen LogP) is 7.97. The minimum atomic E-state index is -2.77. The summed E-state index contributed by atoms with van der Waals surface area (Å²) in [6.45, 7) is 2.54. The van der Waals surface area contributed by atoms with Crippen molar-refractivity contribution in [2.24, 2.45) is 0 Å². The quantitative estimate of drug-likeness (QED) is 0.158. The Bertz CT molecular complexity index is 2750. The van der Waals surface area contributed by atoms with Crippen LogP contribution in [0.3, 0.4) is 0 Å². The molecule has 278 valence electrons. The molecule has 0 spiro atoms. The molecule has 0 unspecified atom stereocenters. The minimum Gasteiger partial charge on any atom is -0.369 e. The summed E-state index contributed by atoms with van der Waals surface area (Å²) >= 11 is 5.84. The predicted molar refractivity (Wildman–Crippen MR) is 192 cm³/mol. The Balaban J connectivity index is 0.000000169. The van der Waals surface area contributed by atoms with Crippen molar-refractivity contribution < 1.29 is 26.3 Å². The first kappa shape index (κ1) is 36.7. The van der Waals surface area contributed by atoms with Gasteiger partial charge in [-0.2, -0.15) is 0 Å². The number of hydrogen-bond donors (Lipinski definition) is 2. The molecule has 2 aromatic carbocycles. The van der Waals surface area contributed by atoms with Crippen LogP contribution in [-0.2, 0) is 6.67 Å². The van der Waals surface area contributed by atoms with E-state index in [-0.39, 0.29) is 50.8 Å². The highest BCUT2D eigenvalue weighted by Crippen LogP contribution is 2.39. The van der Waals surface area contributed by atoms with Crippen LogP contribution in [0, 0.1) is 31.3 Å². The summed E-state index contributed by atoms with van der Waals surface area (Å²) in [4.78, 5) is 16.5. The van der Waals surface area contributed by atoms with Crippen LogP contribution in [0.1, 0.15) is 29.2 Å². The molecule has 0 bridgehead atoms. The fourth-order valence-electron chi connectivity index (χ4n) is 5.99. The maximum absolute atomic E-state index is 14.6. The van der Waals surface area contributed by atoms with E-state index in [1.54, 1.807) is 26.0 Å². The molecule has 4 N–H and O–H groups in total. The zero-order valence-corrected chi connectivity index (χ0v) is 29.2. The molecule has 12 nitrogen and oxygen atoms in total. The lowest BCUT2D eigenvalue weighted by Crippen LogP contribution is -2.05. The largest absolute Gasteiger partial charge is 0.369 e. The molecular formula is C36H25ClF6N12. The second kappa shape index (κ2) is 14.6. The van der Waals surface area contributed by atoms with Crippen molar-refractivity contribution in [1.29, 1.82) is 0 Å². The molecular weight excluding hydrogens is 750 g/mol. The van der Waals surface area contributed by atoms with E-state index in [1.807, 2.05) is 0 Å². The van der Waals surface area contributed by atoms with Crippen molar-refractivity contribution in [1.82, 2.24) is 49.1 Å². The molecule has 6 aromatic heterocycles. The average molecular weight is 775 g/mol. The van der Waals surface area contributed by atoms with Crippen molar-refractivity contribution in [3.05, 3.63) is 119 Å². The summed E-state index contributed by atoms with van der Waals surface area (Å²) in [7, 11) is 0. The van der Waals surface area contributed by atoms with Crippen LogP contribution in [0.5, 0.6) is 0 Å². The second-order valence-corrected chi connectivity index (χ2v) is 12.5. The van der Waals surface area contributed by atoms with E-state index >= 15 is 0 Å². The summed E-state index contributed by atoms with van der Waals surface area (Å²) in [5.74, 6) is -2.09. The van der Waals surface area contributed by atoms with Gasteiger partial charge in [-0.3, -0.25) is 18.8 Å². The van der Waals surface area contributed by atoms with Gasteiger partial charge in [0, 0.05) is 33.6 Å². The van der Waals surface area contributed by atoms with Gasteiger partial charge < -0.3 is 11.5 Å². The van der Waals surface area contributed by atoms with Gasteiger partial charge in [0.1, 0.15) is 42.5 Å². The highest BCUT2D eigenvalue weighted by molar-refractivity contribution is 6.30. The molecule has 19 heteroatoms. The number of halogens is 7. The minimum absolute atomic E-state index is 0.0213. The molecule has 0 atom stereocenters. The summed E-state index contributed by atoms with van der Waals surface area (Å²) in [6.07, 6.45) is -0.0635. The number of fused-ring (bicyclic) bond motifs is 2. The third kappa shape index (κ3) is 7.06. The van der Waals surface area contributed by atoms with E-state index < -0.39 is 36.2 Å². The highest BCUT2D eigenvalue weighted by Gasteiger charge is 2.24. The van der Waals surface area contributed by atoms with Gasteiger partial charge in [0.15, 0.2) is 11.3 Å². The number of nitrogen functional groups attached to an aromatic ring is 2. The Morgan fingerprint density at radius 3 is 1.73 bits per heavy atom. The van der Waals surface area contributed by atoms with Crippen LogP contribution in [0.4, 0.5) is 38.2 Å². The number of rotatable bonds is 6. The molecule has 55 heavy (non-hydrogen) atoms. The summed E-state index contributed by atoms with van der Waals surface area (Å²) in [5.41, 5.74) is 15.2. The first-order valence-corrected chi connectivity index (χ1v) is 16.4. The Labute approximate surface area is 311 Å². The van der Waals surface area contributed by atoms with E-state index in [9.17, 15) is 26.3 Å². The monoisotopic (exact) mass is 774 g/mol. The molecule has 0 saturated heterocycles. The molecule has 0 saturated carbocycles. The Hall–Kier alpha value is -6.69. The number of aromatic nitrogens is 10. The Morgan fingerprint density at radius 2 is 1.20 bits per heavy atom. The van der Waals surface area contributed by atoms with Crippen LogP contribution in [0.2, 0.25) is 5.02 Å². The van der Waals surface area contributed by atoms with Gasteiger partial charge in [0.2, 0.25) is 11.9 Å². The van der Waals surface area contributed by atoms with Gasteiger partial charge in [0.05, 0.1) is 28.2 Å². The molecule has 0 aliphatic carbocycles. The smallest absolute Gasteiger partial charge is 0.280 e. The third-order valence-electron chi connectivity index (χ3n) is 8.25. The molecule has 0 radical (unpaired) electrons. The normalized spacial score (nSPS) is 11.4. The van der Waals surface area contributed by atoms with Crippen LogP contribution in [-0.4, -0.2) is 49.1 Å². The fraction of sp³-hybridized carbons (Fsp3) is 0.111. The zero-order valence-electron chi connectivity index (χ0n) is 28.5. The van der Waals surface area contributed by atoms with Crippen LogP contribution < -0.4 is 11.5 Å². The van der Waals surface area contributed by atoms with Crippen molar-refractivity contribution in [2.45, 2.75) is 26.9 Å². The number of benzene rings is 2. The molecule has 8 aromatic rings. The molecule has 0 aliphatic rings. The number of nitrogens with zero attached hydrogens (tertiary/aromatic N) is 10. The van der Waals surface area contributed by atoms with E-state index in [2.05, 4.69) is 40.3 Å². The maximum atomic E-state index is 14.6. The molecule has 0 fully saturated rings. The van der Waals surface area contributed by atoms with Crippen molar-refractivity contribution in [2.75, 3.05) is 11.5 Å². The topological polar surface area (TPSA) is 164 Å². The standard InChI is InChI=1S/C18H12ClF3N6.C18H13F3N6/c1-8-4-9(5-13(25-8)16(21)22)14-15(11-3-2-10(19)6-12(11)20)26-18(23)28-7-24-27-17(14)28;1-9-4-10(5-12(7-19)24-9)15-16(13-3-2-11(20)6-14(13)21)25-18(22)27-8-23-26-17(15)27/h2-7,16H,1H3,(H2,23,26);2-6,8H,7H2,1H3,(H2,22,25). The first-order valence-electron chi connectivity index (χ1n) is 16.0. The third-order valence-corrected chi connectivity index (χ3v) is 8.49. The van der Waals surface area contributed by atoms with Gasteiger partial charge in [-0.15, -0.1) is 20.4 Å². The maximum Gasteiger partial charge on any atom is 0.280 e. The van der Waals surface area contributed by atoms with Gasteiger partial charge >= 0.3 is 0 Å². The first-order chi connectivity index (χ1) is 26.3. The lowest BCUT2D eigenvalue weighted by atomic mass is 9.99. The zero-order chi connectivity index (χ0) is 39.1. The molecule has 0 amide bonds. The van der Waals surface area contributed by atoms with Crippen LogP contribution >= 0.6 is 11.6 Å². The van der Waals surface area contributed by atoms with Gasteiger partial charge in [-0.05, 0) is 79.6 Å². The fourth-order valence-corrected chi connectivity index (χ4v) is 6.15. The van der Waals surface area contributed by atoms with Crippen molar-refractivity contribution in [3.8, 4) is 44.8 Å². The number of hydrogen-bond acceptors (Lipinski definition) is 10. The summed E-state index contributed by atoms with van der Waals surface area (Å²) < 4.78 is 85.1. The van der Waals surface area contributed by atoms with E-state index in [0.29, 0.717) is 39.3 Å². The Morgan fingerprint density at radius 1 is 0.673 bits per heavy atom. The second-order valence-electron chi connectivity index (χ2n) is 12.0. The summed E-state index contributed by atoms with van der Waals surface area (Å²) in [5, 5.41) is 15.9. The molecule has 0 aliphatic heterocycles. The highest BCUT2D eigenvalue weighted by atomic mass is 35.5. The van der Waals surface area contributed by atoms with Crippen molar-refractivity contribution >= 4 is 34.8 Å². The SMILES string of the molecule is Cc1cc(-c2c(-c3ccc(Cl)cc3F)nc(N)n3cnnc23)cc(C(F)F)n1.Cc1cc(-c2c(-c3ccc(F)cc3F)nc(N)n3cnnc23)cc(CF)n1. The van der Waals surface area contributed by atoms with Gasteiger partial charge in [-0.25, -0.2) is 36.3 Å². The van der Waals surface area contributed by atoms with E-state index in [1.165, 1.54) is 51.8 Å². The average Bonchev–Trinajstić information content (AvgIpc) is 3.83. The number of pyridine rings is 2. The van der Waals surface area contributed by atoms with E-state index in [0.717, 1.165) is 18.2 Å². The van der Waals surface area contributed by atoms with Gasteiger partial charge in [0.25, 0.3) is 6.43 Å². The van der Waals surface area contributed by atoms with E-state index in [4.69, 9.17) is 23.1 Å². The summed E-state index contributed by atoms with van der Waals surface area (Å²) in [6, 6.07) is 13.3. The number of anilines is 2. The van der Waals surface area contributed by atoms with Crippen LogP contribution in [0.15, 0.2) is 73.3 Å². The lowest BCUT2D eigenvalue weighted by Gasteiger charge is -2.14. The van der Waals surface area contributed by atoms with Crippen molar-refractivity contribution in [3.63, 3.8) is 0 Å². The van der Waals surface area contributed by atoms with Crippen LogP contribution in [0.25, 0.3) is 56.1 Å². The number of aryl methyl sites for hydroxylation is 2.